The molecule has 0 spiro atoms. The Labute approximate surface area is 166 Å². The molecule has 8 heteroatoms. The number of nitrogens with zero attached hydrogens (tertiary/aromatic N) is 2. The smallest absolute Gasteiger partial charge is 0.313 e. The first-order valence-electron chi connectivity index (χ1n) is 9.00. The monoisotopic (exact) mass is 398 g/mol. The van der Waals surface area contributed by atoms with E-state index in [1.807, 2.05) is 0 Å². The van der Waals surface area contributed by atoms with Gasteiger partial charge >= 0.3 is 5.97 Å². The van der Waals surface area contributed by atoms with Gasteiger partial charge in [0.05, 0.1) is 23.8 Å². The highest BCUT2D eigenvalue weighted by Crippen LogP contribution is 2.24. The lowest BCUT2D eigenvalue weighted by Crippen LogP contribution is -2.26. The Morgan fingerprint density at radius 1 is 1.07 bits per heavy atom. The number of halogens is 1. The topological polar surface area (TPSA) is 87.6 Å². The number of aromatic nitrogens is 2. The quantitative estimate of drug-likeness (QED) is 0.421. The summed E-state index contributed by atoms with van der Waals surface area (Å²) in [5.74, 6) is -0.134. The molecule has 29 heavy (non-hydrogen) atoms. The molecule has 2 aromatic carbocycles. The third-order valence-corrected chi connectivity index (χ3v) is 3.92. The lowest BCUT2D eigenvalue weighted by molar-refractivity contribution is -0.146. The summed E-state index contributed by atoms with van der Waals surface area (Å²) < 4.78 is 29.2. The summed E-state index contributed by atoms with van der Waals surface area (Å²) in [6.45, 7) is 3.47. The summed E-state index contributed by atoms with van der Waals surface area (Å²) in [5.41, 5.74) is 0.945. The first-order valence-corrected chi connectivity index (χ1v) is 9.00. The standard InChI is InChI=1S/C21H19FN2O5/c1-3-27-21(26)11-19(25)13(2)28-15-5-7-16(8-6-15)29-20-12-23-18-10-14(22)4-9-17(18)24-20/h4-10,12-13H,3,11H2,1-2H3. The van der Waals surface area contributed by atoms with Crippen molar-refractivity contribution < 1.29 is 28.2 Å². The molecule has 1 unspecified atom stereocenters. The van der Waals surface area contributed by atoms with Gasteiger partial charge in [-0.25, -0.2) is 14.4 Å². The average molecular weight is 398 g/mol. The third-order valence-electron chi connectivity index (χ3n) is 3.92. The van der Waals surface area contributed by atoms with Crippen molar-refractivity contribution in [1.29, 1.82) is 0 Å². The van der Waals surface area contributed by atoms with Crippen molar-refractivity contribution in [2.45, 2.75) is 26.4 Å². The highest BCUT2D eigenvalue weighted by Gasteiger charge is 2.19. The number of hydrogen-bond donors (Lipinski definition) is 0. The Kier molecular flexibility index (Phi) is 6.33. The van der Waals surface area contributed by atoms with Gasteiger partial charge in [-0.3, -0.25) is 9.59 Å². The van der Waals surface area contributed by atoms with Gasteiger partial charge in [0, 0.05) is 6.07 Å². The zero-order valence-corrected chi connectivity index (χ0v) is 15.9. The number of rotatable bonds is 8. The van der Waals surface area contributed by atoms with Gasteiger partial charge in [-0.05, 0) is 50.2 Å². The molecule has 1 heterocycles. The molecule has 0 radical (unpaired) electrons. The summed E-state index contributed by atoms with van der Waals surface area (Å²) in [6, 6.07) is 10.7. The van der Waals surface area contributed by atoms with Crippen molar-refractivity contribution >= 4 is 22.8 Å². The molecular formula is C21H19FN2O5. The molecule has 0 N–H and O–H groups in total. The molecule has 0 amide bonds. The van der Waals surface area contributed by atoms with E-state index in [0.29, 0.717) is 22.5 Å². The number of carbonyl (C=O) groups excluding carboxylic acids is 2. The van der Waals surface area contributed by atoms with Gasteiger partial charge in [-0.1, -0.05) is 0 Å². The van der Waals surface area contributed by atoms with E-state index >= 15 is 0 Å². The number of esters is 1. The maximum Gasteiger partial charge on any atom is 0.313 e. The summed E-state index contributed by atoms with van der Waals surface area (Å²) in [5, 5.41) is 0. The maximum absolute atomic E-state index is 13.2. The van der Waals surface area contributed by atoms with Crippen LogP contribution in [-0.2, 0) is 14.3 Å². The van der Waals surface area contributed by atoms with Crippen molar-refractivity contribution in [3.05, 3.63) is 54.5 Å². The van der Waals surface area contributed by atoms with Crippen LogP contribution < -0.4 is 9.47 Å². The lowest BCUT2D eigenvalue weighted by atomic mass is 10.2. The molecule has 0 saturated heterocycles. The summed E-state index contributed by atoms with van der Waals surface area (Å²) in [4.78, 5) is 31.8. The van der Waals surface area contributed by atoms with E-state index in [2.05, 4.69) is 9.97 Å². The van der Waals surface area contributed by atoms with Crippen LogP contribution in [0.1, 0.15) is 20.3 Å². The van der Waals surface area contributed by atoms with Crippen molar-refractivity contribution in [3.63, 3.8) is 0 Å². The number of benzene rings is 2. The molecule has 3 rings (SSSR count). The van der Waals surface area contributed by atoms with Gasteiger partial charge in [0.15, 0.2) is 11.9 Å². The predicted octanol–water partition coefficient (Wildman–Crippen LogP) is 3.85. The van der Waals surface area contributed by atoms with Crippen LogP contribution in [0.3, 0.4) is 0 Å². The van der Waals surface area contributed by atoms with Gasteiger partial charge < -0.3 is 14.2 Å². The van der Waals surface area contributed by atoms with E-state index in [0.717, 1.165) is 0 Å². The normalized spacial score (nSPS) is 11.7. The molecule has 0 aliphatic carbocycles. The SMILES string of the molecule is CCOC(=O)CC(=O)C(C)Oc1ccc(Oc2cnc3cc(F)ccc3n2)cc1. The fourth-order valence-electron chi connectivity index (χ4n) is 2.49. The van der Waals surface area contributed by atoms with Crippen LogP contribution in [0.5, 0.6) is 17.4 Å². The lowest BCUT2D eigenvalue weighted by Gasteiger charge is -2.14. The largest absolute Gasteiger partial charge is 0.483 e. The van der Waals surface area contributed by atoms with Gasteiger partial charge in [0.1, 0.15) is 23.7 Å². The summed E-state index contributed by atoms with van der Waals surface area (Å²) in [6.07, 6.45) is 0.279. The van der Waals surface area contributed by atoms with Crippen LogP contribution in [-0.4, -0.2) is 34.4 Å². The van der Waals surface area contributed by atoms with E-state index in [4.69, 9.17) is 14.2 Å². The van der Waals surface area contributed by atoms with E-state index in [1.54, 1.807) is 38.1 Å². The second-order valence-corrected chi connectivity index (χ2v) is 6.12. The Morgan fingerprint density at radius 2 is 1.79 bits per heavy atom. The molecule has 0 aliphatic heterocycles. The van der Waals surface area contributed by atoms with Crippen LogP contribution in [0.2, 0.25) is 0 Å². The number of fused-ring (bicyclic) bond motifs is 1. The second kappa shape index (κ2) is 9.09. The van der Waals surface area contributed by atoms with Gasteiger partial charge in [-0.2, -0.15) is 0 Å². The van der Waals surface area contributed by atoms with Crippen molar-refractivity contribution in [2.75, 3.05) is 6.61 Å². The van der Waals surface area contributed by atoms with E-state index in [9.17, 15) is 14.0 Å². The highest BCUT2D eigenvalue weighted by atomic mass is 19.1. The van der Waals surface area contributed by atoms with E-state index in [-0.39, 0.29) is 30.5 Å². The Morgan fingerprint density at radius 3 is 2.52 bits per heavy atom. The minimum Gasteiger partial charge on any atom is -0.483 e. The fourth-order valence-corrected chi connectivity index (χ4v) is 2.49. The van der Waals surface area contributed by atoms with Gasteiger partial charge in [0.2, 0.25) is 5.88 Å². The van der Waals surface area contributed by atoms with Gasteiger partial charge in [-0.15, -0.1) is 0 Å². The molecule has 0 bridgehead atoms. The van der Waals surface area contributed by atoms with Crippen LogP contribution in [0.15, 0.2) is 48.7 Å². The minimum atomic E-state index is -0.794. The van der Waals surface area contributed by atoms with Gasteiger partial charge in [0.25, 0.3) is 0 Å². The molecule has 0 saturated carbocycles. The van der Waals surface area contributed by atoms with Crippen molar-refractivity contribution in [2.24, 2.45) is 0 Å². The first kappa shape index (κ1) is 20.2. The summed E-state index contributed by atoms with van der Waals surface area (Å²) >= 11 is 0. The minimum absolute atomic E-state index is 0.223. The van der Waals surface area contributed by atoms with Crippen LogP contribution >= 0.6 is 0 Å². The van der Waals surface area contributed by atoms with E-state index < -0.39 is 12.1 Å². The van der Waals surface area contributed by atoms with Crippen LogP contribution in [0.4, 0.5) is 4.39 Å². The highest BCUT2D eigenvalue weighted by molar-refractivity contribution is 5.97. The number of Topliss-reactive ketones (excluding diaryl/α,β-unsaturated/α-hetero) is 1. The second-order valence-electron chi connectivity index (χ2n) is 6.12. The van der Waals surface area contributed by atoms with Crippen molar-refractivity contribution in [3.8, 4) is 17.4 Å². The fraction of sp³-hybridized carbons (Fsp3) is 0.238. The number of ether oxygens (including phenoxy) is 3. The summed E-state index contributed by atoms with van der Waals surface area (Å²) in [7, 11) is 0. The molecule has 1 atom stereocenters. The van der Waals surface area contributed by atoms with E-state index in [1.165, 1.54) is 24.4 Å². The predicted molar refractivity (Wildman–Crippen MR) is 102 cm³/mol. The molecular weight excluding hydrogens is 379 g/mol. The molecule has 1 aromatic heterocycles. The number of carbonyl (C=O) groups is 2. The molecule has 0 aliphatic rings. The van der Waals surface area contributed by atoms with Crippen LogP contribution in [0, 0.1) is 5.82 Å². The van der Waals surface area contributed by atoms with Crippen LogP contribution in [0.25, 0.3) is 11.0 Å². The Balaban J connectivity index is 1.60. The first-order chi connectivity index (χ1) is 13.9. The zero-order chi connectivity index (χ0) is 20.8. The maximum atomic E-state index is 13.2. The number of ketones is 1. The Hall–Kier alpha value is -3.55. The average Bonchev–Trinajstić information content (AvgIpc) is 2.69. The molecule has 3 aromatic rings. The Bertz CT molecular complexity index is 1020. The number of hydrogen-bond acceptors (Lipinski definition) is 7. The molecule has 150 valence electrons. The third kappa shape index (κ3) is 5.47. The molecule has 0 fully saturated rings. The van der Waals surface area contributed by atoms with Crippen molar-refractivity contribution in [1.82, 2.24) is 9.97 Å². The molecule has 7 nitrogen and oxygen atoms in total. The zero-order valence-electron chi connectivity index (χ0n) is 15.9.